The van der Waals surface area contributed by atoms with E-state index in [2.05, 4.69) is 16.0 Å². The SMILES string of the molecule is Cc1ccc(NC(=O)c2cccc(NC3=CC(=O)N(C4CCC(=O)NC4=O)C3=O)c2)cc1Cl. The van der Waals surface area contributed by atoms with Gasteiger partial charge in [0.2, 0.25) is 11.8 Å². The van der Waals surface area contributed by atoms with E-state index in [0.717, 1.165) is 16.5 Å². The summed E-state index contributed by atoms with van der Waals surface area (Å²) in [6.45, 7) is 1.86. The molecule has 0 aromatic heterocycles. The number of carbonyl (C=O) groups excluding carboxylic acids is 5. The van der Waals surface area contributed by atoms with Gasteiger partial charge in [-0.25, -0.2) is 0 Å². The van der Waals surface area contributed by atoms with Crippen molar-refractivity contribution in [2.24, 2.45) is 0 Å². The highest BCUT2D eigenvalue weighted by Crippen LogP contribution is 2.24. The normalized spacial score (nSPS) is 18.2. The van der Waals surface area contributed by atoms with Gasteiger partial charge in [-0.05, 0) is 49.2 Å². The summed E-state index contributed by atoms with van der Waals surface area (Å²) in [6.07, 6.45) is 1.20. The summed E-state index contributed by atoms with van der Waals surface area (Å²) in [5.41, 5.74) is 2.11. The summed E-state index contributed by atoms with van der Waals surface area (Å²) >= 11 is 6.10. The first-order valence-electron chi connectivity index (χ1n) is 10.1. The van der Waals surface area contributed by atoms with E-state index in [4.69, 9.17) is 11.6 Å². The Morgan fingerprint density at radius 2 is 1.88 bits per heavy atom. The smallest absolute Gasteiger partial charge is 0.278 e. The Morgan fingerprint density at radius 1 is 1.09 bits per heavy atom. The van der Waals surface area contributed by atoms with Crippen LogP contribution in [0.15, 0.2) is 54.2 Å². The molecule has 1 saturated heterocycles. The van der Waals surface area contributed by atoms with Crippen molar-refractivity contribution in [1.82, 2.24) is 10.2 Å². The Hall–Kier alpha value is -3.98. The molecule has 2 aromatic carbocycles. The summed E-state index contributed by atoms with van der Waals surface area (Å²) in [5, 5.41) is 8.26. The van der Waals surface area contributed by atoms with Crippen LogP contribution in [0.25, 0.3) is 0 Å². The number of halogens is 1. The molecule has 1 fully saturated rings. The lowest BCUT2D eigenvalue weighted by Gasteiger charge is -2.28. The van der Waals surface area contributed by atoms with Gasteiger partial charge in [0.05, 0.1) is 0 Å². The second kappa shape index (κ2) is 8.87. The second-order valence-corrected chi connectivity index (χ2v) is 8.07. The molecule has 2 aliphatic heterocycles. The number of amides is 5. The van der Waals surface area contributed by atoms with Crippen LogP contribution in [0.4, 0.5) is 11.4 Å². The minimum atomic E-state index is -1.04. The van der Waals surface area contributed by atoms with Crippen LogP contribution in [-0.4, -0.2) is 40.5 Å². The number of piperidine rings is 1. The molecule has 2 aliphatic rings. The molecule has 4 rings (SSSR count). The first-order valence-corrected chi connectivity index (χ1v) is 10.5. The number of nitrogens with one attached hydrogen (secondary N) is 3. The van der Waals surface area contributed by atoms with Crippen molar-refractivity contribution >= 4 is 52.5 Å². The van der Waals surface area contributed by atoms with E-state index >= 15 is 0 Å². The van der Waals surface area contributed by atoms with Crippen LogP contribution in [0.3, 0.4) is 0 Å². The van der Waals surface area contributed by atoms with Crippen molar-refractivity contribution in [1.29, 1.82) is 0 Å². The maximum absolute atomic E-state index is 12.8. The number of hydrogen-bond donors (Lipinski definition) is 3. The number of carbonyl (C=O) groups is 5. The fourth-order valence-electron chi connectivity index (χ4n) is 3.57. The maximum atomic E-state index is 12.8. The Kier molecular flexibility index (Phi) is 5.97. The zero-order chi connectivity index (χ0) is 23.7. The fraction of sp³-hybridized carbons (Fsp3) is 0.174. The number of aryl methyl sites for hydroxylation is 1. The molecule has 1 unspecified atom stereocenters. The Labute approximate surface area is 193 Å². The fourth-order valence-corrected chi connectivity index (χ4v) is 3.75. The molecule has 168 valence electrons. The molecule has 0 radical (unpaired) electrons. The van der Waals surface area contributed by atoms with Gasteiger partial charge in [0.15, 0.2) is 0 Å². The van der Waals surface area contributed by atoms with Crippen LogP contribution in [0.5, 0.6) is 0 Å². The van der Waals surface area contributed by atoms with Gasteiger partial charge in [0, 0.05) is 34.5 Å². The molecule has 9 nitrogen and oxygen atoms in total. The van der Waals surface area contributed by atoms with Gasteiger partial charge < -0.3 is 10.6 Å². The highest BCUT2D eigenvalue weighted by atomic mass is 35.5. The summed E-state index contributed by atoms with van der Waals surface area (Å²) in [7, 11) is 0. The van der Waals surface area contributed by atoms with E-state index in [-0.39, 0.29) is 24.4 Å². The molecule has 0 bridgehead atoms. The summed E-state index contributed by atoms with van der Waals surface area (Å²) in [4.78, 5) is 62.1. The first-order chi connectivity index (χ1) is 15.7. The van der Waals surface area contributed by atoms with Crippen molar-refractivity contribution in [3.8, 4) is 0 Å². The molecule has 33 heavy (non-hydrogen) atoms. The van der Waals surface area contributed by atoms with Crippen LogP contribution in [0.2, 0.25) is 5.02 Å². The van der Waals surface area contributed by atoms with Gasteiger partial charge in [-0.1, -0.05) is 23.7 Å². The molecular formula is C23H19ClN4O5. The zero-order valence-corrected chi connectivity index (χ0v) is 18.2. The number of nitrogens with zero attached hydrogens (tertiary/aromatic N) is 1. The summed E-state index contributed by atoms with van der Waals surface area (Å²) < 4.78 is 0. The minimum Gasteiger partial charge on any atom is -0.351 e. The molecule has 3 N–H and O–H groups in total. The predicted molar refractivity (Wildman–Crippen MR) is 120 cm³/mol. The molecule has 5 amide bonds. The quantitative estimate of drug-likeness (QED) is 0.581. The maximum Gasteiger partial charge on any atom is 0.278 e. The molecule has 0 saturated carbocycles. The lowest BCUT2D eigenvalue weighted by Crippen LogP contribution is -2.54. The predicted octanol–water partition coefficient (Wildman–Crippen LogP) is 2.37. The Bertz CT molecular complexity index is 1240. The van der Waals surface area contributed by atoms with E-state index in [0.29, 0.717) is 22.0 Å². The van der Waals surface area contributed by atoms with Crippen LogP contribution < -0.4 is 16.0 Å². The third kappa shape index (κ3) is 4.63. The van der Waals surface area contributed by atoms with Crippen molar-refractivity contribution in [3.05, 3.63) is 70.4 Å². The monoisotopic (exact) mass is 466 g/mol. The zero-order valence-electron chi connectivity index (χ0n) is 17.5. The third-order valence-electron chi connectivity index (χ3n) is 5.31. The van der Waals surface area contributed by atoms with Crippen LogP contribution in [-0.2, 0) is 19.2 Å². The first kappa shape index (κ1) is 22.2. The molecular weight excluding hydrogens is 448 g/mol. The number of benzene rings is 2. The van der Waals surface area contributed by atoms with E-state index in [1.54, 1.807) is 36.4 Å². The number of rotatable bonds is 5. The summed E-state index contributed by atoms with van der Waals surface area (Å²) in [5.74, 6) is -2.84. The molecule has 1 atom stereocenters. The molecule has 0 spiro atoms. The van der Waals surface area contributed by atoms with Crippen molar-refractivity contribution in [2.75, 3.05) is 10.6 Å². The molecule has 2 aromatic rings. The highest BCUT2D eigenvalue weighted by Gasteiger charge is 2.42. The highest BCUT2D eigenvalue weighted by molar-refractivity contribution is 6.31. The minimum absolute atomic E-state index is 0.0347. The third-order valence-corrected chi connectivity index (χ3v) is 5.72. The molecule has 10 heteroatoms. The van der Waals surface area contributed by atoms with E-state index in [1.165, 1.54) is 6.07 Å². The topological polar surface area (TPSA) is 125 Å². The van der Waals surface area contributed by atoms with Gasteiger partial charge in [-0.2, -0.15) is 0 Å². The number of anilines is 2. The Morgan fingerprint density at radius 3 is 2.61 bits per heavy atom. The van der Waals surface area contributed by atoms with E-state index in [9.17, 15) is 24.0 Å². The summed E-state index contributed by atoms with van der Waals surface area (Å²) in [6, 6.07) is 10.5. The number of imide groups is 2. The van der Waals surface area contributed by atoms with Gasteiger partial charge in [-0.3, -0.25) is 34.2 Å². The average molecular weight is 467 g/mol. The van der Waals surface area contributed by atoms with Gasteiger partial charge >= 0.3 is 0 Å². The lowest BCUT2D eigenvalue weighted by atomic mass is 10.0. The number of hydrogen-bond acceptors (Lipinski definition) is 6. The van der Waals surface area contributed by atoms with Crippen LogP contribution in [0, 0.1) is 6.92 Å². The lowest BCUT2D eigenvalue weighted by molar-refractivity contribution is -0.149. The Balaban J connectivity index is 1.46. The van der Waals surface area contributed by atoms with Crippen molar-refractivity contribution in [2.45, 2.75) is 25.8 Å². The van der Waals surface area contributed by atoms with Crippen LogP contribution >= 0.6 is 11.6 Å². The van der Waals surface area contributed by atoms with E-state index < -0.39 is 29.7 Å². The van der Waals surface area contributed by atoms with Crippen molar-refractivity contribution in [3.63, 3.8) is 0 Å². The van der Waals surface area contributed by atoms with Crippen molar-refractivity contribution < 1.29 is 24.0 Å². The van der Waals surface area contributed by atoms with Gasteiger partial charge in [0.25, 0.3) is 17.7 Å². The van der Waals surface area contributed by atoms with E-state index in [1.807, 2.05) is 6.92 Å². The molecule has 0 aliphatic carbocycles. The second-order valence-electron chi connectivity index (χ2n) is 7.66. The largest absolute Gasteiger partial charge is 0.351 e. The van der Waals surface area contributed by atoms with Gasteiger partial charge in [0.1, 0.15) is 11.7 Å². The molecule has 2 heterocycles. The average Bonchev–Trinajstić information content (AvgIpc) is 3.04. The van der Waals surface area contributed by atoms with Gasteiger partial charge in [-0.15, -0.1) is 0 Å². The van der Waals surface area contributed by atoms with Crippen LogP contribution in [0.1, 0.15) is 28.8 Å². The standard InChI is InChI=1S/C23H19ClN4O5/c1-12-5-6-15(10-16(12)24)26-21(31)13-3-2-4-14(9-13)25-17-11-20(30)28(23(17)33)18-7-8-19(29)27-22(18)32/h2-6,9-11,18,25H,7-8H2,1H3,(H,26,31)(H,27,29,32).